The zero-order chi connectivity index (χ0) is 17.2. The Balaban J connectivity index is 1.66. The van der Waals surface area contributed by atoms with Crippen LogP contribution in [0.1, 0.15) is 38.7 Å². The normalized spacial score (nSPS) is 12.1. The van der Waals surface area contributed by atoms with Crippen molar-refractivity contribution in [1.29, 1.82) is 0 Å². The summed E-state index contributed by atoms with van der Waals surface area (Å²) < 4.78 is 11.3. The Morgan fingerprint density at radius 3 is 2.38 bits per heavy atom. The van der Waals surface area contributed by atoms with Crippen LogP contribution in [-0.2, 0) is 4.74 Å². The summed E-state index contributed by atoms with van der Waals surface area (Å²) in [4.78, 5) is 8.66. The Labute approximate surface area is 145 Å². The van der Waals surface area contributed by atoms with Gasteiger partial charge in [0.05, 0.1) is 6.61 Å². The van der Waals surface area contributed by atoms with Gasteiger partial charge in [0.25, 0.3) is 0 Å². The van der Waals surface area contributed by atoms with Crippen molar-refractivity contribution in [2.75, 3.05) is 19.8 Å². The number of benzene rings is 1. The predicted molar refractivity (Wildman–Crippen MR) is 97.2 cm³/mol. The highest BCUT2D eigenvalue weighted by atomic mass is 16.5. The number of nitrogens with zero attached hydrogens (tertiary/aromatic N) is 2. The minimum atomic E-state index is 0.573. The fraction of sp³-hybridized carbons (Fsp3) is 0.500. The zero-order valence-corrected chi connectivity index (χ0v) is 15.0. The van der Waals surface area contributed by atoms with Gasteiger partial charge in [0, 0.05) is 24.6 Å². The van der Waals surface area contributed by atoms with E-state index in [1.54, 1.807) is 0 Å². The first-order chi connectivity index (χ1) is 11.7. The third kappa shape index (κ3) is 6.28. The van der Waals surface area contributed by atoms with E-state index in [1.807, 2.05) is 43.6 Å². The number of aryl methyl sites for hydroxylation is 1. The molecule has 0 amide bonds. The van der Waals surface area contributed by atoms with Crippen LogP contribution >= 0.6 is 0 Å². The van der Waals surface area contributed by atoms with Crippen molar-refractivity contribution in [3.63, 3.8) is 0 Å². The molecule has 0 aliphatic carbocycles. The molecule has 0 bridgehead atoms. The molecule has 0 saturated carbocycles. The second-order valence-electron chi connectivity index (χ2n) is 6.22. The molecule has 1 atom stereocenters. The molecule has 0 aliphatic heterocycles. The number of hydrogen-bond acceptors (Lipinski definition) is 4. The molecule has 1 heterocycles. The summed E-state index contributed by atoms with van der Waals surface area (Å²) in [6, 6.07) is 7.85. The lowest BCUT2D eigenvalue weighted by Gasteiger charge is -2.09. The quantitative estimate of drug-likeness (QED) is 0.594. The number of ether oxygens (including phenoxy) is 2. The van der Waals surface area contributed by atoms with Crippen LogP contribution in [0, 0.1) is 12.8 Å². The Morgan fingerprint density at radius 2 is 1.71 bits per heavy atom. The van der Waals surface area contributed by atoms with Gasteiger partial charge >= 0.3 is 0 Å². The Morgan fingerprint density at radius 1 is 1.00 bits per heavy atom. The summed E-state index contributed by atoms with van der Waals surface area (Å²) in [5, 5.41) is 0. The Hall–Kier alpha value is -1.94. The van der Waals surface area contributed by atoms with Gasteiger partial charge in [-0.25, -0.2) is 9.97 Å². The second kappa shape index (κ2) is 10.0. The maximum Gasteiger partial charge on any atom is 0.159 e. The van der Waals surface area contributed by atoms with Crippen LogP contribution in [0.2, 0.25) is 0 Å². The van der Waals surface area contributed by atoms with Gasteiger partial charge in [0.15, 0.2) is 5.82 Å². The van der Waals surface area contributed by atoms with Crippen LogP contribution in [0.15, 0.2) is 36.7 Å². The van der Waals surface area contributed by atoms with Crippen molar-refractivity contribution in [1.82, 2.24) is 9.97 Å². The first kappa shape index (κ1) is 18.4. The lowest BCUT2D eigenvalue weighted by Crippen LogP contribution is -2.08. The van der Waals surface area contributed by atoms with Crippen molar-refractivity contribution in [3.8, 4) is 17.1 Å². The van der Waals surface area contributed by atoms with Crippen molar-refractivity contribution in [2.45, 2.75) is 40.0 Å². The molecule has 0 fully saturated rings. The minimum absolute atomic E-state index is 0.573. The van der Waals surface area contributed by atoms with E-state index in [0.29, 0.717) is 13.2 Å². The van der Waals surface area contributed by atoms with E-state index in [9.17, 15) is 0 Å². The maximum atomic E-state index is 5.70. The highest BCUT2D eigenvalue weighted by Gasteiger charge is 2.02. The lowest BCUT2D eigenvalue weighted by molar-refractivity contribution is 0.0953. The van der Waals surface area contributed by atoms with Crippen LogP contribution in [0.3, 0.4) is 0 Å². The average Bonchev–Trinajstić information content (AvgIpc) is 2.62. The molecule has 1 unspecified atom stereocenters. The van der Waals surface area contributed by atoms with Gasteiger partial charge in [-0.05, 0) is 55.5 Å². The lowest BCUT2D eigenvalue weighted by atomic mass is 10.0. The van der Waals surface area contributed by atoms with Gasteiger partial charge in [-0.3, -0.25) is 0 Å². The smallest absolute Gasteiger partial charge is 0.159 e. The monoisotopic (exact) mass is 328 g/mol. The fourth-order valence-corrected chi connectivity index (χ4v) is 2.30. The third-order valence-electron chi connectivity index (χ3n) is 4.07. The molecule has 0 radical (unpaired) electrons. The van der Waals surface area contributed by atoms with Gasteiger partial charge in [-0.15, -0.1) is 0 Å². The first-order valence-electron chi connectivity index (χ1n) is 8.78. The number of rotatable bonds is 10. The van der Waals surface area contributed by atoms with Crippen LogP contribution in [0.5, 0.6) is 5.75 Å². The largest absolute Gasteiger partial charge is 0.491 e. The molecule has 0 spiro atoms. The summed E-state index contributed by atoms with van der Waals surface area (Å²) in [6.45, 7) is 8.52. The molecule has 0 saturated heterocycles. The standard InChI is InChI=1S/C20H28N2O2/c1-4-16(2)6-5-11-23-12-13-24-19-9-7-18(8-10-19)20-21-14-17(3)15-22-20/h7-10,14-16H,4-6,11-13H2,1-3H3. The van der Waals surface area contributed by atoms with Crippen LogP contribution in [-0.4, -0.2) is 29.8 Å². The van der Waals surface area contributed by atoms with Gasteiger partial charge in [0.1, 0.15) is 12.4 Å². The van der Waals surface area contributed by atoms with Crippen molar-refractivity contribution in [3.05, 3.63) is 42.2 Å². The summed E-state index contributed by atoms with van der Waals surface area (Å²) in [7, 11) is 0. The summed E-state index contributed by atoms with van der Waals surface area (Å²) in [5.41, 5.74) is 2.05. The van der Waals surface area contributed by atoms with Crippen LogP contribution in [0.25, 0.3) is 11.4 Å². The van der Waals surface area contributed by atoms with Crippen LogP contribution < -0.4 is 4.74 Å². The topological polar surface area (TPSA) is 44.2 Å². The fourth-order valence-electron chi connectivity index (χ4n) is 2.30. The number of aromatic nitrogens is 2. The van der Waals surface area contributed by atoms with Gasteiger partial charge < -0.3 is 9.47 Å². The summed E-state index contributed by atoms with van der Waals surface area (Å²) in [6.07, 6.45) is 7.25. The van der Waals surface area contributed by atoms with Crippen LogP contribution in [0.4, 0.5) is 0 Å². The molecule has 1 aromatic heterocycles. The Bertz CT molecular complexity index is 582. The first-order valence-corrected chi connectivity index (χ1v) is 8.78. The molecule has 24 heavy (non-hydrogen) atoms. The van der Waals surface area contributed by atoms with E-state index in [1.165, 1.54) is 12.8 Å². The van der Waals surface area contributed by atoms with Gasteiger partial charge in [-0.2, -0.15) is 0 Å². The second-order valence-corrected chi connectivity index (χ2v) is 6.22. The minimum Gasteiger partial charge on any atom is -0.491 e. The van der Waals surface area contributed by atoms with Crippen molar-refractivity contribution < 1.29 is 9.47 Å². The zero-order valence-electron chi connectivity index (χ0n) is 15.0. The number of hydrogen-bond donors (Lipinski definition) is 0. The van der Waals surface area contributed by atoms with E-state index in [4.69, 9.17) is 9.47 Å². The molecule has 2 aromatic rings. The van der Waals surface area contributed by atoms with E-state index >= 15 is 0 Å². The highest BCUT2D eigenvalue weighted by molar-refractivity contribution is 5.55. The molecule has 4 nitrogen and oxygen atoms in total. The molecule has 1 aromatic carbocycles. The molecule has 0 aliphatic rings. The predicted octanol–water partition coefficient (Wildman–Crippen LogP) is 4.67. The SMILES string of the molecule is CCC(C)CCCOCCOc1ccc(-c2ncc(C)cn2)cc1. The van der Waals surface area contributed by atoms with Gasteiger partial charge in [0.2, 0.25) is 0 Å². The van der Waals surface area contributed by atoms with Gasteiger partial charge in [-0.1, -0.05) is 20.3 Å². The van der Waals surface area contributed by atoms with E-state index in [-0.39, 0.29) is 0 Å². The molecule has 0 N–H and O–H groups in total. The van der Waals surface area contributed by atoms with E-state index < -0.39 is 0 Å². The maximum absolute atomic E-state index is 5.70. The average molecular weight is 328 g/mol. The third-order valence-corrected chi connectivity index (χ3v) is 4.07. The van der Waals surface area contributed by atoms with E-state index in [2.05, 4.69) is 23.8 Å². The summed E-state index contributed by atoms with van der Waals surface area (Å²) >= 11 is 0. The van der Waals surface area contributed by atoms with Crippen molar-refractivity contribution >= 4 is 0 Å². The molecule has 2 rings (SSSR count). The highest BCUT2D eigenvalue weighted by Crippen LogP contribution is 2.19. The molecular weight excluding hydrogens is 300 g/mol. The summed E-state index contributed by atoms with van der Waals surface area (Å²) in [5.74, 6) is 2.37. The molecular formula is C20H28N2O2. The van der Waals surface area contributed by atoms with E-state index in [0.717, 1.165) is 41.6 Å². The van der Waals surface area contributed by atoms with Crippen molar-refractivity contribution in [2.24, 2.45) is 5.92 Å². The molecule has 4 heteroatoms. The Kier molecular flexibility index (Phi) is 7.69. The molecule has 130 valence electrons.